The number of nitrogens with one attached hydrogen (secondary N) is 1. The van der Waals surface area contributed by atoms with Crippen molar-refractivity contribution < 1.29 is 5.11 Å². The Balaban J connectivity index is 1.92. The first kappa shape index (κ1) is 15.2. The van der Waals surface area contributed by atoms with Gasteiger partial charge in [-0.3, -0.25) is 0 Å². The van der Waals surface area contributed by atoms with E-state index in [4.69, 9.17) is 5.73 Å². The molecule has 4 N–H and O–H groups in total. The summed E-state index contributed by atoms with van der Waals surface area (Å²) in [5, 5.41) is 13.3. The van der Waals surface area contributed by atoms with E-state index in [-0.39, 0.29) is 6.61 Å². The van der Waals surface area contributed by atoms with Crippen LogP contribution in [0.25, 0.3) is 11.0 Å². The van der Waals surface area contributed by atoms with E-state index >= 15 is 0 Å². The van der Waals surface area contributed by atoms with Crippen molar-refractivity contribution in [1.82, 2.24) is 15.0 Å². The molecule has 0 amide bonds. The molecule has 0 spiro atoms. The lowest BCUT2D eigenvalue weighted by Gasteiger charge is -2.11. The maximum atomic E-state index is 9.37. The Morgan fingerprint density at radius 1 is 1.09 bits per heavy atom. The van der Waals surface area contributed by atoms with Crippen LogP contribution >= 0.6 is 0 Å². The predicted octanol–water partition coefficient (Wildman–Crippen LogP) is 2.33. The zero-order chi connectivity index (χ0) is 16.4. The van der Waals surface area contributed by atoms with Crippen LogP contribution in [0, 0.1) is 13.8 Å². The number of hydrogen-bond donors (Lipinski definition) is 3. The molecule has 0 aliphatic heterocycles. The van der Waals surface area contributed by atoms with Gasteiger partial charge in [0.25, 0.3) is 0 Å². The molecule has 0 aliphatic carbocycles. The van der Waals surface area contributed by atoms with Crippen LogP contribution in [0.3, 0.4) is 0 Å². The zero-order valence-electron chi connectivity index (χ0n) is 13.2. The van der Waals surface area contributed by atoms with Gasteiger partial charge in [-0.15, -0.1) is 0 Å². The fourth-order valence-electron chi connectivity index (χ4n) is 2.65. The van der Waals surface area contributed by atoms with E-state index in [2.05, 4.69) is 20.3 Å². The number of aliphatic hydroxyl groups is 1. The summed E-state index contributed by atoms with van der Waals surface area (Å²) in [5.74, 6) is 0.846. The molecule has 1 aromatic carbocycles. The summed E-state index contributed by atoms with van der Waals surface area (Å²) < 4.78 is 0. The molecule has 0 saturated carbocycles. The van der Waals surface area contributed by atoms with E-state index in [1.807, 2.05) is 44.2 Å². The highest BCUT2D eigenvalue weighted by Crippen LogP contribution is 2.23. The average molecular weight is 309 g/mol. The lowest BCUT2D eigenvalue weighted by Crippen LogP contribution is -2.08. The van der Waals surface area contributed by atoms with Gasteiger partial charge in [0.2, 0.25) is 5.95 Å². The molecular weight excluding hydrogens is 290 g/mol. The van der Waals surface area contributed by atoms with Crippen LogP contribution in [0.5, 0.6) is 0 Å². The Hall–Kier alpha value is -2.73. The predicted molar refractivity (Wildman–Crippen MR) is 90.9 cm³/mol. The van der Waals surface area contributed by atoms with Gasteiger partial charge < -0.3 is 16.2 Å². The van der Waals surface area contributed by atoms with E-state index in [0.717, 1.165) is 27.8 Å². The summed E-state index contributed by atoms with van der Waals surface area (Å²) in [6, 6.07) is 9.64. The second-order valence-corrected chi connectivity index (χ2v) is 5.49. The summed E-state index contributed by atoms with van der Waals surface area (Å²) in [4.78, 5) is 13.2. The number of aryl methyl sites for hydroxylation is 2. The number of rotatable bonds is 4. The first-order valence-corrected chi connectivity index (χ1v) is 7.41. The summed E-state index contributed by atoms with van der Waals surface area (Å²) in [7, 11) is 0. The van der Waals surface area contributed by atoms with Gasteiger partial charge >= 0.3 is 0 Å². The third kappa shape index (κ3) is 3.07. The van der Waals surface area contributed by atoms with Crippen LogP contribution in [0.2, 0.25) is 0 Å². The topological polar surface area (TPSA) is 97.0 Å². The third-order valence-corrected chi connectivity index (χ3v) is 3.75. The summed E-state index contributed by atoms with van der Waals surface area (Å²) in [5.41, 5.74) is 10.4. The number of pyridine rings is 1. The maximum absolute atomic E-state index is 9.37. The minimum absolute atomic E-state index is 0.00147. The number of aliphatic hydroxyl groups excluding tert-OH is 1. The molecule has 2 aromatic heterocycles. The third-order valence-electron chi connectivity index (χ3n) is 3.75. The number of nitrogen functional groups attached to an aromatic ring is 1. The first-order chi connectivity index (χ1) is 11.1. The molecule has 23 heavy (non-hydrogen) atoms. The minimum atomic E-state index is -0.00147. The van der Waals surface area contributed by atoms with Crippen molar-refractivity contribution in [1.29, 1.82) is 0 Å². The fourth-order valence-corrected chi connectivity index (χ4v) is 2.65. The van der Waals surface area contributed by atoms with Crippen molar-refractivity contribution in [3.8, 4) is 0 Å². The number of aromatic nitrogens is 3. The van der Waals surface area contributed by atoms with Crippen molar-refractivity contribution in [2.24, 2.45) is 0 Å². The number of nitrogens with two attached hydrogens (primary N) is 1. The quantitative estimate of drug-likeness (QED) is 0.684. The minimum Gasteiger partial charge on any atom is -0.392 e. The largest absolute Gasteiger partial charge is 0.392 e. The van der Waals surface area contributed by atoms with E-state index < -0.39 is 0 Å². The van der Waals surface area contributed by atoms with Gasteiger partial charge in [0.05, 0.1) is 12.0 Å². The monoisotopic (exact) mass is 309 g/mol. The van der Waals surface area contributed by atoms with Crippen molar-refractivity contribution in [2.75, 3.05) is 11.1 Å². The summed E-state index contributed by atoms with van der Waals surface area (Å²) >= 11 is 0. The second-order valence-electron chi connectivity index (χ2n) is 5.49. The molecule has 0 aliphatic rings. The molecule has 3 rings (SSSR count). The second kappa shape index (κ2) is 6.18. The SMILES string of the molecule is Cc1cc(C)c2c(N)nc(NCc3ccccc3CO)nc2n1. The number of anilines is 2. The van der Waals surface area contributed by atoms with Crippen LogP contribution in [-0.4, -0.2) is 20.1 Å². The molecular formula is C17H19N5O. The van der Waals surface area contributed by atoms with Crippen LogP contribution in [0.1, 0.15) is 22.4 Å². The van der Waals surface area contributed by atoms with Gasteiger partial charge in [0.15, 0.2) is 5.65 Å². The lowest BCUT2D eigenvalue weighted by atomic mass is 10.1. The highest BCUT2D eigenvalue weighted by atomic mass is 16.3. The molecule has 118 valence electrons. The van der Waals surface area contributed by atoms with Gasteiger partial charge in [-0.1, -0.05) is 24.3 Å². The van der Waals surface area contributed by atoms with Crippen LogP contribution in [-0.2, 0) is 13.2 Å². The molecule has 0 fully saturated rings. The Labute approximate surface area is 134 Å². The van der Waals surface area contributed by atoms with Gasteiger partial charge in [-0.05, 0) is 36.6 Å². The number of nitrogens with zero attached hydrogens (tertiary/aromatic N) is 3. The molecule has 0 unspecified atom stereocenters. The van der Waals surface area contributed by atoms with Crippen LogP contribution < -0.4 is 11.1 Å². The summed E-state index contributed by atoms with van der Waals surface area (Å²) in [6.07, 6.45) is 0. The standard InChI is InChI=1S/C17H19N5O/c1-10-7-11(2)20-16-14(10)15(18)21-17(22-16)19-8-12-5-3-4-6-13(12)9-23/h3-7,23H,8-9H2,1-2H3,(H3,18,19,20,21,22). The molecule has 2 heterocycles. The Kier molecular flexibility index (Phi) is 4.08. The average Bonchev–Trinajstić information content (AvgIpc) is 2.52. The molecule has 0 radical (unpaired) electrons. The molecule has 6 nitrogen and oxygen atoms in total. The van der Waals surface area contributed by atoms with Gasteiger partial charge in [0, 0.05) is 12.2 Å². The number of fused-ring (bicyclic) bond motifs is 1. The van der Waals surface area contributed by atoms with Crippen LogP contribution in [0.4, 0.5) is 11.8 Å². The Morgan fingerprint density at radius 3 is 2.57 bits per heavy atom. The van der Waals surface area contributed by atoms with Gasteiger partial charge in [-0.25, -0.2) is 4.98 Å². The van der Waals surface area contributed by atoms with E-state index in [1.165, 1.54) is 0 Å². The zero-order valence-corrected chi connectivity index (χ0v) is 13.2. The molecule has 0 atom stereocenters. The normalized spacial score (nSPS) is 10.9. The van der Waals surface area contributed by atoms with E-state index in [9.17, 15) is 5.11 Å². The smallest absolute Gasteiger partial charge is 0.226 e. The highest BCUT2D eigenvalue weighted by molar-refractivity contribution is 5.89. The number of benzene rings is 1. The molecule has 0 bridgehead atoms. The van der Waals surface area contributed by atoms with Crippen molar-refractivity contribution in [3.63, 3.8) is 0 Å². The van der Waals surface area contributed by atoms with Gasteiger partial charge in [0.1, 0.15) is 5.82 Å². The molecule has 0 saturated heterocycles. The maximum Gasteiger partial charge on any atom is 0.226 e. The van der Waals surface area contributed by atoms with Crippen molar-refractivity contribution >= 4 is 22.8 Å². The van der Waals surface area contributed by atoms with E-state index in [1.54, 1.807) is 0 Å². The van der Waals surface area contributed by atoms with E-state index in [0.29, 0.717) is 24.0 Å². The summed E-state index contributed by atoms with van der Waals surface area (Å²) in [6.45, 7) is 4.40. The first-order valence-electron chi connectivity index (χ1n) is 7.41. The van der Waals surface area contributed by atoms with Crippen molar-refractivity contribution in [2.45, 2.75) is 27.0 Å². The molecule has 3 aromatic rings. The highest BCUT2D eigenvalue weighted by Gasteiger charge is 2.10. The fraction of sp³-hybridized carbons (Fsp3) is 0.235. The van der Waals surface area contributed by atoms with Crippen molar-refractivity contribution in [3.05, 3.63) is 52.7 Å². The Bertz CT molecular complexity index is 863. The van der Waals surface area contributed by atoms with Crippen LogP contribution in [0.15, 0.2) is 30.3 Å². The van der Waals surface area contributed by atoms with Gasteiger partial charge in [-0.2, -0.15) is 9.97 Å². The number of hydrogen-bond acceptors (Lipinski definition) is 6. The molecule has 6 heteroatoms. The Morgan fingerprint density at radius 2 is 1.83 bits per heavy atom. The lowest BCUT2D eigenvalue weighted by molar-refractivity contribution is 0.280.